The summed E-state index contributed by atoms with van der Waals surface area (Å²) >= 11 is 0. The van der Waals surface area contributed by atoms with E-state index in [-0.39, 0.29) is 36.4 Å². The van der Waals surface area contributed by atoms with Crippen LogP contribution in [0.3, 0.4) is 0 Å². The second kappa shape index (κ2) is 20.3. The van der Waals surface area contributed by atoms with Crippen LogP contribution in [0.2, 0.25) is 0 Å². The molecule has 0 aliphatic rings. The molecule has 0 aliphatic heterocycles. The van der Waals surface area contributed by atoms with Crippen molar-refractivity contribution in [3.05, 3.63) is 41.7 Å². The number of aromatic nitrogens is 4. The molecular weight excluding hydrogens is 733 g/mol. The first-order chi connectivity index (χ1) is 26.5. The molecule has 1 unspecified atom stereocenters. The first kappa shape index (κ1) is 46.2. The van der Waals surface area contributed by atoms with Crippen LogP contribution in [-0.4, -0.2) is 100 Å². The minimum Gasteiger partial charge on any atom is -0.461 e. The van der Waals surface area contributed by atoms with E-state index in [1.807, 2.05) is 60.4 Å². The number of benzene rings is 1. The van der Waals surface area contributed by atoms with Gasteiger partial charge in [0, 0.05) is 43.2 Å². The second-order valence-corrected chi connectivity index (χ2v) is 16.5. The minimum atomic E-state index is -1.04. The first-order valence-electron chi connectivity index (χ1n) is 19.3. The molecule has 57 heavy (non-hydrogen) atoms. The Hall–Kier alpha value is -5.16. The van der Waals surface area contributed by atoms with Crippen LogP contribution in [-0.2, 0) is 35.1 Å². The van der Waals surface area contributed by atoms with Gasteiger partial charge in [-0.2, -0.15) is 9.97 Å². The van der Waals surface area contributed by atoms with Crippen molar-refractivity contribution in [2.75, 3.05) is 49.7 Å². The highest BCUT2D eigenvalue weighted by atomic mass is 16.5. The Balaban J connectivity index is 1.46. The van der Waals surface area contributed by atoms with Gasteiger partial charge in [-0.3, -0.25) is 14.4 Å². The Bertz CT molecular complexity index is 1830. The average molecular weight is 795 g/mol. The van der Waals surface area contributed by atoms with E-state index >= 15 is 0 Å². The number of hydrogen-bond donors (Lipinski definition) is 5. The summed E-state index contributed by atoms with van der Waals surface area (Å²) in [6.07, 6.45) is 2.41. The average Bonchev–Trinajstić information content (AvgIpc) is 3.11. The van der Waals surface area contributed by atoms with Gasteiger partial charge in [0.1, 0.15) is 6.04 Å². The highest BCUT2D eigenvalue weighted by Crippen LogP contribution is 2.21. The fourth-order valence-corrected chi connectivity index (χ4v) is 5.41. The van der Waals surface area contributed by atoms with Crippen LogP contribution in [0, 0.1) is 5.41 Å². The summed E-state index contributed by atoms with van der Waals surface area (Å²) in [6, 6.07) is 5.80. The number of fused-ring (bicyclic) bond motifs is 1. The highest BCUT2D eigenvalue weighted by Gasteiger charge is 2.27. The Morgan fingerprint density at radius 1 is 0.842 bits per heavy atom. The monoisotopic (exact) mass is 794 g/mol. The van der Waals surface area contributed by atoms with E-state index in [1.54, 1.807) is 44.3 Å². The molecule has 0 saturated carbocycles. The molecule has 0 aliphatic carbocycles. The van der Waals surface area contributed by atoms with Crippen molar-refractivity contribution in [2.24, 2.45) is 5.41 Å². The number of carbonyl (C=O) groups excluding carboxylic acids is 4. The molecule has 2 aromatic heterocycles. The molecule has 17 nitrogen and oxygen atoms in total. The quantitative estimate of drug-likeness (QED) is 0.0764. The number of nitrogen functional groups attached to an aromatic ring is 2. The van der Waals surface area contributed by atoms with E-state index in [1.165, 1.54) is 0 Å². The van der Waals surface area contributed by atoms with Gasteiger partial charge < -0.3 is 46.5 Å². The van der Waals surface area contributed by atoms with E-state index < -0.39 is 40.6 Å². The normalized spacial score (nSPS) is 12.6. The summed E-state index contributed by atoms with van der Waals surface area (Å²) in [5.74, 6) is -1.23. The van der Waals surface area contributed by atoms with Gasteiger partial charge in [-0.15, -0.1) is 0 Å². The van der Waals surface area contributed by atoms with Gasteiger partial charge in [0.2, 0.25) is 17.8 Å². The third-order valence-corrected chi connectivity index (χ3v) is 8.88. The molecule has 0 bridgehead atoms. The van der Waals surface area contributed by atoms with Crippen LogP contribution in [0.5, 0.6) is 0 Å². The van der Waals surface area contributed by atoms with Gasteiger partial charge in [0.05, 0.1) is 49.0 Å². The zero-order chi connectivity index (χ0) is 42.6. The van der Waals surface area contributed by atoms with Gasteiger partial charge in [-0.1, -0.05) is 20.8 Å². The number of nitrogens with zero attached hydrogens (tertiary/aromatic N) is 5. The lowest BCUT2D eigenvalue weighted by atomic mass is 9.96. The SMILES string of the molecule is CC(C)OC(=O)C(CCC(=O)NCCC(C)(C)OCCC(C)(C)OCCNC(=O)C(C)(C)C)NC(=O)c1ccc(N(C)Cc2cnc3nc(N)nc(N)c3n2)cc1. The van der Waals surface area contributed by atoms with Crippen LogP contribution >= 0.6 is 0 Å². The van der Waals surface area contributed by atoms with Gasteiger partial charge in [-0.05, 0) is 85.1 Å². The molecule has 0 saturated heterocycles. The number of hydrogen-bond acceptors (Lipinski definition) is 14. The van der Waals surface area contributed by atoms with Gasteiger partial charge in [0.15, 0.2) is 17.0 Å². The lowest BCUT2D eigenvalue weighted by molar-refractivity contribution is -0.150. The standard InChI is InChI=1S/C40H62N10O7/c1-25(2)57-35(53)29(15-16-30(51)43-19-17-39(6,7)55-21-18-40(8,9)56-22-20-44-36(54)38(3,4)5)47-34(52)26-11-13-28(14-12-26)50(10)24-27-23-45-33-31(46-27)32(41)48-37(42)49-33/h11-14,23,25,29H,15-22,24H2,1-10H3,(H,43,51)(H,44,54)(H,47,52)(H4,41,42,45,48,49). The number of rotatable bonds is 21. The summed E-state index contributed by atoms with van der Waals surface area (Å²) in [5.41, 5.74) is 12.6. The van der Waals surface area contributed by atoms with Crippen molar-refractivity contribution in [3.63, 3.8) is 0 Å². The van der Waals surface area contributed by atoms with E-state index in [0.29, 0.717) is 68.1 Å². The zero-order valence-electron chi connectivity index (χ0n) is 35.2. The van der Waals surface area contributed by atoms with Crippen molar-refractivity contribution in [1.29, 1.82) is 0 Å². The molecule has 1 aromatic carbocycles. The summed E-state index contributed by atoms with van der Waals surface area (Å²) in [6.45, 7) is 18.9. The van der Waals surface area contributed by atoms with E-state index in [9.17, 15) is 19.2 Å². The Labute approximate surface area is 335 Å². The maximum absolute atomic E-state index is 13.3. The molecule has 3 amide bonds. The molecule has 3 rings (SSSR count). The number of anilines is 3. The van der Waals surface area contributed by atoms with Crippen molar-refractivity contribution in [2.45, 2.75) is 118 Å². The van der Waals surface area contributed by atoms with Crippen molar-refractivity contribution in [1.82, 2.24) is 35.9 Å². The van der Waals surface area contributed by atoms with Crippen LogP contribution in [0.15, 0.2) is 30.5 Å². The molecule has 0 radical (unpaired) electrons. The molecule has 2 heterocycles. The van der Waals surface area contributed by atoms with Crippen molar-refractivity contribution >= 4 is 52.3 Å². The maximum atomic E-state index is 13.3. The fourth-order valence-electron chi connectivity index (χ4n) is 5.41. The number of nitrogens with two attached hydrogens (primary N) is 2. The molecule has 1 atom stereocenters. The number of carbonyl (C=O) groups is 4. The number of esters is 1. The Kier molecular flexibility index (Phi) is 16.5. The van der Waals surface area contributed by atoms with E-state index in [2.05, 4.69) is 35.9 Å². The molecule has 7 N–H and O–H groups in total. The Morgan fingerprint density at radius 2 is 1.49 bits per heavy atom. The van der Waals surface area contributed by atoms with Gasteiger partial charge in [0.25, 0.3) is 5.91 Å². The topological polar surface area (TPSA) is 239 Å². The second-order valence-electron chi connectivity index (χ2n) is 16.5. The van der Waals surface area contributed by atoms with Crippen LogP contribution in [0.1, 0.15) is 104 Å². The largest absolute Gasteiger partial charge is 0.461 e. The minimum absolute atomic E-state index is 0.00623. The van der Waals surface area contributed by atoms with Crippen molar-refractivity contribution in [3.8, 4) is 0 Å². The first-order valence-corrected chi connectivity index (χ1v) is 19.3. The van der Waals surface area contributed by atoms with Gasteiger partial charge >= 0.3 is 5.97 Å². The molecule has 3 aromatic rings. The van der Waals surface area contributed by atoms with E-state index in [0.717, 1.165) is 5.69 Å². The molecule has 314 valence electrons. The van der Waals surface area contributed by atoms with Crippen molar-refractivity contribution < 1.29 is 33.4 Å². The smallest absolute Gasteiger partial charge is 0.328 e. The van der Waals surface area contributed by atoms with Crippen LogP contribution < -0.4 is 32.3 Å². The molecule has 0 fully saturated rings. The fraction of sp³-hybridized carbons (Fsp3) is 0.600. The van der Waals surface area contributed by atoms with E-state index in [4.69, 9.17) is 25.7 Å². The zero-order valence-corrected chi connectivity index (χ0v) is 35.2. The lowest BCUT2D eigenvalue weighted by Crippen LogP contribution is -2.43. The third-order valence-electron chi connectivity index (χ3n) is 8.88. The predicted octanol–water partition coefficient (Wildman–Crippen LogP) is 3.70. The highest BCUT2D eigenvalue weighted by molar-refractivity contribution is 5.97. The number of nitrogens with one attached hydrogen (secondary N) is 3. The summed E-state index contributed by atoms with van der Waals surface area (Å²) in [4.78, 5) is 69.9. The molecule has 17 heteroatoms. The number of amides is 3. The summed E-state index contributed by atoms with van der Waals surface area (Å²) in [5, 5.41) is 8.52. The maximum Gasteiger partial charge on any atom is 0.328 e. The predicted molar refractivity (Wildman–Crippen MR) is 219 cm³/mol. The molecule has 0 spiro atoms. The number of ether oxygens (including phenoxy) is 3. The lowest BCUT2D eigenvalue weighted by Gasteiger charge is -2.30. The van der Waals surface area contributed by atoms with Gasteiger partial charge in [-0.25, -0.2) is 14.8 Å². The van der Waals surface area contributed by atoms with Crippen LogP contribution in [0.4, 0.5) is 17.5 Å². The summed E-state index contributed by atoms with van der Waals surface area (Å²) < 4.78 is 17.5. The summed E-state index contributed by atoms with van der Waals surface area (Å²) in [7, 11) is 1.86. The third kappa shape index (κ3) is 15.7. The Morgan fingerprint density at radius 3 is 2.14 bits per heavy atom. The molecular formula is C40H62N10O7. The van der Waals surface area contributed by atoms with Crippen LogP contribution in [0.25, 0.3) is 11.2 Å².